The molecule has 1 amide bonds. The maximum atomic E-state index is 11.9. The summed E-state index contributed by atoms with van der Waals surface area (Å²) in [6, 6.07) is 3.92. The Morgan fingerprint density at radius 1 is 1.35 bits per heavy atom. The number of nitrogens with zero attached hydrogens (tertiary/aromatic N) is 1. The van der Waals surface area contributed by atoms with Crippen LogP contribution in [0.3, 0.4) is 0 Å². The Labute approximate surface area is 118 Å². The van der Waals surface area contributed by atoms with Crippen LogP contribution in [-0.2, 0) is 16.0 Å². The van der Waals surface area contributed by atoms with Gasteiger partial charge in [-0.15, -0.1) is 0 Å². The third-order valence-electron chi connectivity index (χ3n) is 3.96. The second-order valence-electron chi connectivity index (χ2n) is 5.64. The molecular weight excluding hydrogens is 256 g/mol. The van der Waals surface area contributed by atoms with Crippen molar-refractivity contribution in [2.24, 2.45) is 5.73 Å². The molecule has 5 nitrogen and oxygen atoms in total. The van der Waals surface area contributed by atoms with Crippen LogP contribution in [0.1, 0.15) is 30.0 Å². The largest absolute Gasteiger partial charge is 0.480 e. The van der Waals surface area contributed by atoms with Gasteiger partial charge in [0.15, 0.2) is 0 Å². The molecule has 0 fully saturated rings. The molecule has 1 atom stereocenters. The summed E-state index contributed by atoms with van der Waals surface area (Å²) < 4.78 is 0. The molecule has 20 heavy (non-hydrogen) atoms. The number of rotatable bonds is 1. The fourth-order valence-corrected chi connectivity index (χ4v) is 2.79. The number of fused-ring (bicyclic) bond motifs is 1. The van der Waals surface area contributed by atoms with E-state index in [-0.39, 0.29) is 18.7 Å². The number of benzene rings is 1. The van der Waals surface area contributed by atoms with Crippen LogP contribution < -0.4 is 10.6 Å². The van der Waals surface area contributed by atoms with E-state index in [2.05, 4.69) is 0 Å². The van der Waals surface area contributed by atoms with E-state index in [0.717, 1.165) is 22.4 Å². The monoisotopic (exact) mass is 276 g/mol. The standard InChI is InChI=1S/C15H20N2O3/c1-9-6-10(2)12-8-15(16,14(19)20)4-5-17(11(3)18)13(12)7-9/h6-7H,4-5,8,16H2,1-3H3,(H,19,20). The van der Waals surface area contributed by atoms with E-state index in [9.17, 15) is 14.7 Å². The maximum Gasteiger partial charge on any atom is 0.324 e. The lowest BCUT2D eigenvalue weighted by Gasteiger charge is -2.23. The van der Waals surface area contributed by atoms with E-state index >= 15 is 0 Å². The first-order valence-electron chi connectivity index (χ1n) is 6.65. The van der Waals surface area contributed by atoms with E-state index in [0.29, 0.717) is 6.54 Å². The summed E-state index contributed by atoms with van der Waals surface area (Å²) in [4.78, 5) is 25.0. The van der Waals surface area contributed by atoms with Crippen molar-refractivity contribution >= 4 is 17.6 Å². The van der Waals surface area contributed by atoms with Crippen LogP contribution in [0.25, 0.3) is 0 Å². The maximum absolute atomic E-state index is 11.9. The van der Waals surface area contributed by atoms with E-state index < -0.39 is 11.5 Å². The molecule has 0 radical (unpaired) electrons. The lowest BCUT2D eigenvalue weighted by Crippen LogP contribution is -2.50. The summed E-state index contributed by atoms with van der Waals surface area (Å²) in [5.41, 5.74) is 8.40. The van der Waals surface area contributed by atoms with Crippen LogP contribution in [0.15, 0.2) is 12.1 Å². The first kappa shape index (κ1) is 14.5. The first-order valence-corrected chi connectivity index (χ1v) is 6.65. The molecule has 5 heteroatoms. The highest BCUT2D eigenvalue weighted by molar-refractivity contribution is 5.94. The van der Waals surface area contributed by atoms with Crippen molar-refractivity contribution in [2.45, 2.75) is 39.2 Å². The summed E-state index contributed by atoms with van der Waals surface area (Å²) >= 11 is 0. The summed E-state index contributed by atoms with van der Waals surface area (Å²) in [6.07, 6.45) is 0.489. The fourth-order valence-electron chi connectivity index (χ4n) is 2.79. The minimum atomic E-state index is -1.32. The van der Waals surface area contributed by atoms with Crippen molar-refractivity contribution in [3.8, 4) is 0 Å². The van der Waals surface area contributed by atoms with Gasteiger partial charge >= 0.3 is 5.97 Å². The van der Waals surface area contributed by atoms with E-state index in [1.807, 2.05) is 26.0 Å². The summed E-state index contributed by atoms with van der Waals surface area (Å²) in [5, 5.41) is 9.39. The van der Waals surface area contributed by atoms with Crippen molar-refractivity contribution in [2.75, 3.05) is 11.4 Å². The van der Waals surface area contributed by atoms with Gasteiger partial charge < -0.3 is 15.7 Å². The van der Waals surface area contributed by atoms with Gasteiger partial charge in [0, 0.05) is 25.6 Å². The highest BCUT2D eigenvalue weighted by Gasteiger charge is 2.39. The highest BCUT2D eigenvalue weighted by Crippen LogP contribution is 2.33. The van der Waals surface area contributed by atoms with Gasteiger partial charge in [0.05, 0.1) is 0 Å². The SMILES string of the molecule is CC(=O)N1CCC(N)(C(=O)O)Cc2c(C)cc(C)cc21. The van der Waals surface area contributed by atoms with Gasteiger partial charge in [-0.1, -0.05) is 6.07 Å². The van der Waals surface area contributed by atoms with E-state index in [1.54, 1.807) is 4.90 Å². The quantitative estimate of drug-likeness (QED) is 0.811. The number of carbonyl (C=O) groups is 2. The van der Waals surface area contributed by atoms with Gasteiger partial charge in [0.2, 0.25) is 5.91 Å². The number of nitrogens with two attached hydrogens (primary N) is 1. The van der Waals surface area contributed by atoms with Gasteiger partial charge in [-0.3, -0.25) is 9.59 Å². The molecule has 1 aliphatic rings. The van der Waals surface area contributed by atoms with Crippen molar-refractivity contribution in [3.63, 3.8) is 0 Å². The topological polar surface area (TPSA) is 83.6 Å². The number of carboxylic acids is 1. The zero-order valence-corrected chi connectivity index (χ0v) is 12.1. The molecule has 1 aromatic carbocycles. The summed E-state index contributed by atoms with van der Waals surface area (Å²) in [7, 11) is 0. The molecule has 1 unspecified atom stereocenters. The zero-order chi connectivity index (χ0) is 15.1. The minimum Gasteiger partial charge on any atom is -0.480 e. The molecule has 0 saturated carbocycles. The predicted octanol–water partition coefficient (Wildman–Crippen LogP) is 1.38. The molecule has 0 aromatic heterocycles. The summed E-state index contributed by atoms with van der Waals surface area (Å²) in [6.45, 7) is 5.71. The molecule has 1 aliphatic heterocycles. The van der Waals surface area contributed by atoms with Crippen molar-refractivity contribution in [1.29, 1.82) is 0 Å². The smallest absolute Gasteiger partial charge is 0.324 e. The van der Waals surface area contributed by atoms with Gasteiger partial charge in [0.1, 0.15) is 5.54 Å². The molecule has 3 N–H and O–H groups in total. The van der Waals surface area contributed by atoms with Crippen LogP contribution in [0.2, 0.25) is 0 Å². The van der Waals surface area contributed by atoms with Crippen molar-refractivity contribution in [3.05, 3.63) is 28.8 Å². The molecule has 0 bridgehead atoms. The Bertz CT molecular complexity index is 583. The molecule has 2 rings (SSSR count). The number of aryl methyl sites for hydroxylation is 2. The normalized spacial score (nSPS) is 22.1. The van der Waals surface area contributed by atoms with Crippen LogP contribution in [-0.4, -0.2) is 29.1 Å². The molecule has 1 heterocycles. The minimum absolute atomic E-state index is 0.0918. The molecular formula is C15H20N2O3. The third kappa shape index (κ3) is 2.41. The number of carbonyl (C=O) groups excluding carboxylic acids is 1. The average Bonchev–Trinajstić information content (AvgIpc) is 2.47. The molecule has 0 aliphatic carbocycles. The average molecular weight is 276 g/mol. The Morgan fingerprint density at radius 2 is 2.00 bits per heavy atom. The van der Waals surface area contributed by atoms with E-state index in [4.69, 9.17) is 5.73 Å². The second-order valence-corrected chi connectivity index (χ2v) is 5.64. The van der Waals surface area contributed by atoms with Crippen molar-refractivity contribution in [1.82, 2.24) is 0 Å². The lowest BCUT2D eigenvalue weighted by atomic mass is 9.87. The number of hydrogen-bond donors (Lipinski definition) is 2. The zero-order valence-electron chi connectivity index (χ0n) is 12.1. The van der Waals surface area contributed by atoms with Gasteiger partial charge in [-0.25, -0.2) is 0 Å². The third-order valence-corrected chi connectivity index (χ3v) is 3.96. The Morgan fingerprint density at radius 3 is 2.55 bits per heavy atom. The van der Waals surface area contributed by atoms with Crippen LogP contribution >= 0.6 is 0 Å². The lowest BCUT2D eigenvalue weighted by molar-refractivity contribution is -0.143. The van der Waals surface area contributed by atoms with E-state index in [1.165, 1.54) is 6.92 Å². The van der Waals surface area contributed by atoms with Gasteiger partial charge in [0.25, 0.3) is 0 Å². The number of carboxylic acid groups (broad SMARTS) is 1. The van der Waals surface area contributed by atoms with Crippen LogP contribution in [0.5, 0.6) is 0 Å². The number of amides is 1. The predicted molar refractivity (Wildman–Crippen MR) is 76.8 cm³/mol. The van der Waals surface area contributed by atoms with Crippen molar-refractivity contribution < 1.29 is 14.7 Å². The molecule has 1 aromatic rings. The number of aliphatic carboxylic acids is 1. The highest BCUT2D eigenvalue weighted by atomic mass is 16.4. The summed E-state index contributed by atoms with van der Waals surface area (Å²) in [5.74, 6) is -1.11. The Balaban J connectivity index is 2.62. The Kier molecular flexibility index (Phi) is 3.56. The molecule has 0 saturated heterocycles. The molecule has 108 valence electrons. The van der Waals surface area contributed by atoms with Gasteiger partial charge in [-0.2, -0.15) is 0 Å². The van der Waals surface area contributed by atoms with Crippen LogP contribution in [0, 0.1) is 13.8 Å². The second kappa shape index (κ2) is 4.90. The Hall–Kier alpha value is -1.88. The van der Waals surface area contributed by atoms with Gasteiger partial charge in [-0.05, 0) is 43.0 Å². The van der Waals surface area contributed by atoms with Crippen LogP contribution in [0.4, 0.5) is 5.69 Å². The first-order chi connectivity index (χ1) is 9.24. The number of anilines is 1. The fraction of sp³-hybridized carbons (Fsp3) is 0.467. The molecule has 0 spiro atoms. The number of hydrogen-bond acceptors (Lipinski definition) is 3.